The first-order valence-electron chi connectivity index (χ1n) is 10.3. The maximum atomic E-state index is 12.9. The molecular weight excluding hydrogens is 384 g/mol. The molecule has 5 nitrogen and oxygen atoms in total. The summed E-state index contributed by atoms with van der Waals surface area (Å²) in [6.45, 7) is 6.92. The average Bonchev–Trinajstić information content (AvgIpc) is 2.74. The number of aryl methyl sites for hydroxylation is 1. The van der Waals surface area contributed by atoms with Crippen LogP contribution in [0.2, 0.25) is 0 Å². The summed E-state index contributed by atoms with van der Waals surface area (Å²) < 4.78 is 27.3. The Kier molecular flexibility index (Phi) is 6.75. The van der Waals surface area contributed by atoms with Gasteiger partial charge in [-0.05, 0) is 61.9 Å². The second-order valence-corrected chi connectivity index (χ2v) is 9.87. The number of rotatable bonds is 6. The molecule has 1 heterocycles. The highest BCUT2D eigenvalue weighted by molar-refractivity contribution is 7.89. The minimum atomic E-state index is -3.58. The lowest BCUT2D eigenvalue weighted by Crippen LogP contribution is -2.43. The minimum absolute atomic E-state index is 0.120. The minimum Gasteiger partial charge on any atom is -0.326 e. The maximum absolute atomic E-state index is 12.9. The molecule has 2 aromatic rings. The fourth-order valence-corrected chi connectivity index (χ4v) is 5.13. The first-order valence-corrected chi connectivity index (χ1v) is 11.7. The van der Waals surface area contributed by atoms with Crippen LogP contribution >= 0.6 is 0 Å². The molecule has 1 aliphatic heterocycles. The molecule has 0 aromatic heterocycles. The molecule has 0 spiro atoms. The third-order valence-electron chi connectivity index (χ3n) is 5.77. The van der Waals surface area contributed by atoms with E-state index in [9.17, 15) is 13.2 Å². The van der Waals surface area contributed by atoms with Crippen molar-refractivity contribution >= 4 is 21.6 Å². The number of benzene rings is 2. The van der Waals surface area contributed by atoms with E-state index >= 15 is 0 Å². The quantitative estimate of drug-likeness (QED) is 0.754. The summed E-state index contributed by atoms with van der Waals surface area (Å²) >= 11 is 0. The number of hydrogen-bond donors (Lipinski definition) is 1. The maximum Gasteiger partial charge on any atom is 0.243 e. The Hall–Kier alpha value is -2.18. The Morgan fingerprint density at radius 3 is 2.41 bits per heavy atom. The molecule has 2 unspecified atom stereocenters. The van der Waals surface area contributed by atoms with E-state index in [-0.39, 0.29) is 23.3 Å². The molecule has 29 heavy (non-hydrogen) atoms. The van der Waals surface area contributed by atoms with Crippen molar-refractivity contribution in [3.05, 3.63) is 59.7 Å². The molecule has 3 rings (SSSR count). The number of sulfonamides is 1. The van der Waals surface area contributed by atoms with Gasteiger partial charge in [-0.1, -0.05) is 43.7 Å². The van der Waals surface area contributed by atoms with Gasteiger partial charge in [-0.25, -0.2) is 8.42 Å². The van der Waals surface area contributed by atoms with Crippen molar-refractivity contribution in [3.8, 4) is 0 Å². The Balaban J connectivity index is 1.67. The Labute approximate surface area is 174 Å². The molecular formula is C23H30N2O3S. The summed E-state index contributed by atoms with van der Waals surface area (Å²) in [4.78, 5) is 13.0. The van der Waals surface area contributed by atoms with Crippen LogP contribution in [0, 0.1) is 12.8 Å². The molecule has 0 radical (unpaired) electrons. The fourth-order valence-electron chi connectivity index (χ4n) is 3.61. The highest BCUT2D eigenvalue weighted by Gasteiger charge is 2.33. The van der Waals surface area contributed by atoms with Crippen molar-refractivity contribution in [2.75, 3.05) is 18.4 Å². The van der Waals surface area contributed by atoms with Gasteiger partial charge in [0, 0.05) is 18.8 Å². The normalized spacial score (nSPS) is 18.9. The molecule has 1 aliphatic rings. The van der Waals surface area contributed by atoms with Crippen LogP contribution in [0.3, 0.4) is 0 Å². The summed E-state index contributed by atoms with van der Waals surface area (Å²) in [5.41, 5.74) is 3.01. The molecule has 0 saturated carbocycles. The Morgan fingerprint density at radius 1 is 1.14 bits per heavy atom. The second kappa shape index (κ2) is 9.09. The van der Waals surface area contributed by atoms with Crippen LogP contribution in [0.25, 0.3) is 0 Å². The number of piperidine rings is 1. The lowest BCUT2D eigenvalue weighted by molar-refractivity contribution is -0.120. The largest absolute Gasteiger partial charge is 0.326 e. The van der Waals surface area contributed by atoms with Crippen LogP contribution in [0.5, 0.6) is 0 Å². The summed E-state index contributed by atoms with van der Waals surface area (Å²) in [5.74, 6) is 0.0157. The molecule has 1 amide bonds. The van der Waals surface area contributed by atoms with Crippen molar-refractivity contribution in [2.24, 2.45) is 5.92 Å². The fraction of sp³-hybridized carbons (Fsp3) is 0.435. The van der Waals surface area contributed by atoms with Gasteiger partial charge >= 0.3 is 0 Å². The number of carbonyl (C=O) groups excluding carboxylic acids is 1. The summed E-state index contributed by atoms with van der Waals surface area (Å²) in [6.07, 6.45) is 2.44. The first-order chi connectivity index (χ1) is 13.8. The van der Waals surface area contributed by atoms with Crippen LogP contribution in [0.1, 0.15) is 50.2 Å². The molecule has 0 bridgehead atoms. The monoisotopic (exact) mass is 414 g/mol. The zero-order valence-corrected chi connectivity index (χ0v) is 18.2. The first kappa shape index (κ1) is 21.5. The standard InChI is InChI=1S/C23H30N2O3S/c1-4-18(3)19-9-11-21(12-10-19)24-23(26)20-6-5-15-25(16-20)29(27,28)22-13-7-17(2)8-14-22/h7-14,18,20H,4-6,15-16H2,1-3H3,(H,24,26). The lowest BCUT2D eigenvalue weighted by Gasteiger charge is -2.31. The topological polar surface area (TPSA) is 66.5 Å². The number of carbonyl (C=O) groups is 1. The highest BCUT2D eigenvalue weighted by atomic mass is 32.2. The lowest BCUT2D eigenvalue weighted by atomic mass is 9.97. The zero-order valence-electron chi connectivity index (χ0n) is 17.4. The van der Waals surface area contributed by atoms with Crippen molar-refractivity contribution in [1.29, 1.82) is 0 Å². The smallest absolute Gasteiger partial charge is 0.243 e. The Morgan fingerprint density at radius 2 is 1.79 bits per heavy atom. The third-order valence-corrected chi connectivity index (χ3v) is 7.65. The molecule has 2 atom stereocenters. The van der Waals surface area contributed by atoms with Crippen LogP contribution in [0.15, 0.2) is 53.4 Å². The van der Waals surface area contributed by atoms with Gasteiger partial charge in [0.25, 0.3) is 0 Å². The van der Waals surface area contributed by atoms with Gasteiger partial charge in [0.2, 0.25) is 15.9 Å². The van der Waals surface area contributed by atoms with E-state index in [2.05, 4.69) is 19.2 Å². The van der Waals surface area contributed by atoms with E-state index in [0.717, 1.165) is 17.7 Å². The molecule has 6 heteroatoms. The number of amides is 1. The van der Waals surface area contributed by atoms with Crippen molar-refractivity contribution in [2.45, 2.75) is 50.8 Å². The molecule has 0 aliphatic carbocycles. The molecule has 156 valence electrons. The van der Waals surface area contributed by atoms with Crippen LogP contribution in [0.4, 0.5) is 5.69 Å². The molecule has 2 aromatic carbocycles. The van der Waals surface area contributed by atoms with E-state index in [1.165, 1.54) is 9.87 Å². The summed E-state index contributed by atoms with van der Waals surface area (Å²) in [7, 11) is -3.58. The van der Waals surface area contributed by atoms with Gasteiger partial charge in [0.05, 0.1) is 10.8 Å². The highest BCUT2D eigenvalue weighted by Crippen LogP contribution is 2.26. The van der Waals surface area contributed by atoms with Crippen molar-refractivity contribution in [3.63, 3.8) is 0 Å². The summed E-state index contributed by atoms with van der Waals surface area (Å²) in [6, 6.07) is 14.8. The van der Waals surface area contributed by atoms with E-state index in [1.807, 2.05) is 31.2 Å². The molecule has 1 N–H and O–H groups in total. The van der Waals surface area contributed by atoms with Gasteiger partial charge in [-0.15, -0.1) is 0 Å². The SMILES string of the molecule is CCC(C)c1ccc(NC(=O)C2CCCN(S(=O)(=O)c3ccc(C)cc3)C2)cc1. The number of nitrogens with zero attached hydrogens (tertiary/aromatic N) is 1. The Bertz CT molecular complexity index is 937. The van der Waals surface area contributed by atoms with Crippen LogP contribution < -0.4 is 5.32 Å². The zero-order chi connectivity index (χ0) is 21.0. The van der Waals surface area contributed by atoms with Crippen LogP contribution in [-0.2, 0) is 14.8 Å². The van der Waals surface area contributed by atoms with Crippen molar-refractivity contribution < 1.29 is 13.2 Å². The van der Waals surface area contributed by atoms with E-state index in [1.54, 1.807) is 24.3 Å². The van der Waals surface area contributed by atoms with E-state index in [0.29, 0.717) is 25.3 Å². The molecule has 1 fully saturated rings. The van der Waals surface area contributed by atoms with Crippen molar-refractivity contribution in [1.82, 2.24) is 4.31 Å². The average molecular weight is 415 g/mol. The number of hydrogen-bond acceptors (Lipinski definition) is 3. The number of nitrogens with one attached hydrogen (secondary N) is 1. The molecule has 1 saturated heterocycles. The number of anilines is 1. The van der Waals surface area contributed by atoms with E-state index < -0.39 is 10.0 Å². The van der Waals surface area contributed by atoms with Gasteiger partial charge < -0.3 is 5.32 Å². The van der Waals surface area contributed by atoms with E-state index in [4.69, 9.17) is 0 Å². The van der Waals surface area contributed by atoms with Gasteiger partial charge in [0.1, 0.15) is 0 Å². The van der Waals surface area contributed by atoms with Gasteiger partial charge in [-0.2, -0.15) is 4.31 Å². The third kappa shape index (κ3) is 5.06. The predicted molar refractivity (Wildman–Crippen MR) is 116 cm³/mol. The second-order valence-electron chi connectivity index (χ2n) is 7.94. The van der Waals surface area contributed by atoms with Crippen LogP contribution in [-0.4, -0.2) is 31.7 Å². The van der Waals surface area contributed by atoms with Gasteiger partial charge in [0.15, 0.2) is 0 Å². The summed E-state index contributed by atoms with van der Waals surface area (Å²) in [5, 5.41) is 2.95. The predicted octanol–water partition coefficient (Wildman–Crippen LogP) is 4.55. The van der Waals surface area contributed by atoms with Gasteiger partial charge in [-0.3, -0.25) is 4.79 Å².